The molecule has 0 aromatic carbocycles. The summed E-state index contributed by atoms with van der Waals surface area (Å²) >= 11 is 0. The zero-order valence-corrected chi connectivity index (χ0v) is 17.3. The number of fused-ring (bicyclic) bond motifs is 2. The molecule has 1 atom stereocenters. The molecule has 154 valence electrons. The molecule has 0 aromatic rings. The van der Waals surface area contributed by atoms with E-state index in [0.29, 0.717) is 6.04 Å². The second-order valence-corrected chi connectivity index (χ2v) is 8.36. The van der Waals surface area contributed by atoms with Crippen LogP contribution in [-0.2, 0) is 9.47 Å². The van der Waals surface area contributed by atoms with E-state index in [-0.39, 0.29) is 6.09 Å². The van der Waals surface area contributed by atoms with E-state index in [9.17, 15) is 4.79 Å². The van der Waals surface area contributed by atoms with Crippen molar-refractivity contribution in [1.82, 2.24) is 14.7 Å². The van der Waals surface area contributed by atoms with Crippen molar-refractivity contribution in [2.75, 3.05) is 60.0 Å². The number of amides is 1. The average Bonchev–Trinajstić information content (AvgIpc) is 3.12. The van der Waals surface area contributed by atoms with Gasteiger partial charge in [-0.25, -0.2) is 4.79 Å². The Kier molecular flexibility index (Phi) is 6.19. The molecule has 0 aromatic heterocycles. The molecule has 4 aliphatic rings. The monoisotopic (exact) mass is 387 g/mol. The van der Waals surface area contributed by atoms with Gasteiger partial charge in [0.2, 0.25) is 0 Å². The number of hydrogen-bond donors (Lipinski definition) is 0. The van der Waals surface area contributed by atoms with Gasteiger partial charge in [-0.3, -0.25) is 9.80 Å². The molecule has 1 amide bonds. The molecule has 2 saturated heterocycles. The van der Waals surface area contributed by atoms with E-state index in [1.807, 2.05) is 6.08 Å². The normalized spacial score (nSPS) is 25.7. The Hall–Kier alpha value is -1.63. The maximum absolute atomic E-state index is 12.0. The summed E-state index contributed by atoms with van der Waals surface area (Å²) in [6, 6.07) is 0.584. The second-order valence-electron chi connectivity index (χ2n) is 8.36. The van der Waals surface area contributed by atoms with Gasteiger partial charge in [0.25, 0.3) is 0 Å². The summed E-state index contributed by atoms with van der Waals surface area (Å²) in [6.45, 7) is 7.43. The van der Waals surface area contributed by atoms with Gasteiger partial charge in [-0.2, -0.15) is 0 Å². The van der Waals surface area contributed by atoms with Gasteiger partial charge < -0.3 is 14.4 Å². The van der Waals surface area contributed by atoms with Crippen LogP contribution in [-0.4, -0.2) is 86.9 Å². The molecule has 0 bridgehead atoms. The molecule has 4 rings (SSSR count). The number of allylic oxidation sites excluding steroid dienone is 4. The highest BCUT2D eigenvalue weighted by atomic mass is 16.6. The summed E-state index contributed by atoms with van der Waals surface area (Å²) in [5.41, 5.74) is 4.30. The summed E-state index contributed by atoms with van der Waals surface area (Å²) in [4.78, 5) is 18.7. The first-order valence-corrected chi connectivity index (χ1v) is 10.7. The Morgan fingerprint density at radius 1 is 1.18 bits per heavy atom. The van der Waals surface area contributed by atoms with E-state index >= 15 is 0 Å². The lowest BCUT2D eigenvalue weighted by Gasteiger charge is -2.33. The van der Waals surface area contributed by atoms with Crippen LogP contribution in [0.1, 0.15) is 32.1 Å². The second kappa shape index (κ2) is 8.80. The smallest absolute Gasteiger partial charge is 0.410 e. The van der Waals surface area contributed by atoms with E-state index in [1.165, 1.54) is 35.6 Å². The quantitative estimate of drug-likeness (QED) is 0.726. The molecule has 6 nitrogen and oxygen atoms in total. The highest BCUT2D eigenvalue weighted by Gasteiger charge is 2.36. The van der Waals surface area contributed by atoms with Gasteiger partial charge in [0.15, 0.2) is 0 Å². The van der Waals surface area contributed by atoms with Gasteiger partial charge in [-0.1, -0.05) is 6.08 Å². The summed E-state index contributed by atoms with van der Waals surface area (Å²) in [6.07, 6.45) is 9.34. The van der Waals surface area contributed by atoms with Crippen molar-refractivity contribution >= 4 is 6.09 Å². The molecule has 2 fully saturated rings. The minimum absolute atomic E-state index is 0.295. The van der Waals surface area contributed by atoms with Crippen LogP contribution in [0.5, 0.6) is 0 Å². The number of rotatable bonds is 5. The van der Waals surface area contributed by atoms with Crippen molar-refractivity contribution in [3.63, 3.8) is 0 Å². The zero-order chi connectivity index (χ0) is 19.5. The predicted molar refractivity (Wildman–Crippen MR) is 109 cm³/mol. The molecule has 1 unspecified atom stereocenters. The van der Waals surface area contributed by atoms with Gasteiger partial charge in [-0.15, -0.1) is 0 Å². The first-order chi connectivity index (χ1) is 13.6. The number of ether oxygens (including phenoxy) is 2. The van der Waals surface area contributed by atoms with Gasteiger partial charge in [0.1, 0.15) is 5.76 Å². The molecule has 0 saturated carbocycles. The Balaban J connectivity index is 1.40. The third-order valence-electron chi connectivity index (χ3n) is 6.41. The van der Waals surface area contributed by atoms with Crippen molar-refractivity contribution in [1.29, 1.82) is 0 Å². The summed E-state index contributed by atoms with van der Waals surface area (Å²) in [5.74, 6) is 0.761. The highest BCUT2D eigenvalue weighted by Crippen LogP contribution is 2.43. The summed E-state index contributed by atoms with van der Waals surface area (Å²) < 4.78 is 11.1. The fourth-order valence-corrected chi connectivity index (χ4v) is 4.92. The molecule has 2 aliphatic heterocycles. The van der Waals surface area contributed by atoms with Crippen LogP contribution in [0.4, 0.5) is 4.79 Å². The molecule has 0 spiro atoms. The van der Waals surface area contributed by atoms with Crippen LogP contribution in [0.25, 0.3) is 0 Å². The van der Waals surface area contributed by atoms with Crippen LogP contribution in [0.2, 0.25) is 0 Å². The van der Waals surface area contributed by atoms with Crippen molar-refractivity contribution < 1.29 is 14.3 Å². The lowest BCUT2D eigenvalue weighted by Crippen LogP contribution is -2.39. The minimum Gasteiger partial charge on any atom is -0.410 e. The summed E-state index contributed by atoms with van der Waals surface area (Å²) in [5, 5.41) is 0. The topological polar surface area (TPSA) is 45.2 Å². The fourth-order valence-electron chi connectivity index (χ4n) is 4.92. The van der Waals surface area contributed by atoms with Crippen LogP contribution in [0.3, 0.4) is 0 Å². The van der Waals surface area contributed by atoms with Gasteiger partial charge >= 0.3 is 6.09 Å². The summed E-state index contributed by atoms with van der Waals surface area (Å²) in [7, 11) is 3.45. The van der Waals surface area contributed by atoms with Crippen LogP contribution < -0.4 is 0 Å². The Bertz CT molecular complexity index is 689. The molecular weight excluding hydrogens is 354 g/mol. The number of hydrogen-bond acceptors (Lipinski definition) is 5. The van der Waals surface area contributed by atoms with E-state index in [0.717, 1.165) is 64.3 Å². The number of carbonyl (C=O) groups is 1. The highest BCUT2D eigenvalue weighted by molar-refractivity contribution is 5.69. The van der Waals surface area contributed by atoms with Gasteiger partial charge in [0.05, 0.1) is 13.2 Å². The first-order valence-electron chi connectivity index (χ1n) is 10.7. The SMILES string of the molecule is CN(C)C(=O)OC1=C2CCC3C(=C2CC=C1)CCN3CCCN1CCOCC1. The molecule has 2 aliphatic carbocycles. The lowest BCUT2D eigenvalue weighted by molar-refractivity contribution is 0.0359. The molecular formula is C22H33N3O3. The van der Waals surface area contributed by atoms with Crippen molar-refractivity contribution in [3.05, 3.63) is 34.6 Å². The van der Waals surface area contributed by atoms with Crippen molar-refractivity contribution in [3.8, 4) is 0 Å². The number of nitrogens with zero attached hydrogens (tertiary/aromatic N) is 3. The standard InChI is InChI=1S/C22H33N3O3/c1-23(2)22(26)28-21-6-3-5-17-18-9-12-25(20(18)8-7-19(17)21)11-4-10-24-13-15-27-16-14-24/h3,6,20H,4-5,7-16H2,1-2H3. The van der Waals surface area contributed by atoms with E-state index in [2.05, 4.69) is 15.9 Å². The molecule has 28 heavy (non-hydrogen) atoms. The van der Waals surface area contributed by atoms with Crippen molar-refractivity contribution in [2.24, 2.45) is 0 Å². The van der Waals surface area contributed by atoms with Gasteiger partial charge in [-0.05, 0) is 68.0 Å². The first kappa shape index (κ1) is 19.7. The molecule has 0 radical (unpaired) electrons. The molecule has 6 heteroatoms. The predicted octanol–water partition coefficient (Wildman–Crippen LogP) is 2.79. The Labute approximate surface area is 168 Å². The van der Waals surface area contributed by atoms with E-state index in [1.54, 1.807) is 19.7 Å². The van der Waals surface area contributed by atoms with Crippen molar-refractivity contribution in [2.45, 2.75) is 38.1 Å². The number of carbonyl (C=O) groups excluding carboxylic acids is 1. The van der Waals surface area contributed by atoms with Crippen LogP contribution in [0.15, 0.2) is 34.6 Å². The van der Waals surface area contributed by atoms with Crippen LogP contribution in [0, 0.1) is 0 Å². The third kappa shape index (κ3) is 4.19. The molecule has 0 N–H and O–H groups in total. The third-order valence-corrected chi connectivity index (χ3v) is 6.41. The Morgan fingerprint density at radius 3 is 2.79 bits per heavy atom. The van der Waals surface area contributed by atoms with E-state index in [4.69, 9.17) is 9.47 Å². The minimum atomic E-state index is -0.295. The number of likely N-dealkylation sites (tertiary alicyclic amines) is 1. The average molecular weight is 388 g/mol. The van der Waals surface area contributed by atoms with E-state index < -0.39 is 0 Å². The zero-order valence-electron chi connectivity index (χ0n) is 17.3. The maximum atomic E-state index is 12.0. The number of morpholine rings is 1. The Morgan fingerprint density at radius 2 is 2.00 bits per heavy atom. The lowest BCUT2D eigenvalue weighted by atomic mass is 9.80. The van der Waals surface area contributed by atoms with Gasteiger partial charge in [0, 0.05) is 39.8 Å². The molecule has 2 heterocycles. The van der Waals surface area contributed by atoms with Crippen LogP contribution >= 0.6 is 0 Å². The fraction of sp³-hybridized carbons (Fsp3) is 0.682. The maximum Gasteiger partial charge on any atom is 0.414 e. The largest absolute Gasteiger partial charge is 0.414 e.